The van der Waals surface area contributed by atoms with Crippen molar-refractivity contribution in [2.75, 3.05) is 5.01 Å². The molecule has 2 heterocycles. The number of aromatic nitrogens is 2. The molecule has 5 nitrogen and oxygen atoms in total. The summed E-state index contributed by atoms with van der Waals surface area (Å²) >= 11 is 0. The number of para-hydroxylation sites is 1. The summed E-state index contributed by atoms with van der Waals surface area (Å²) in [6.45, 7) is 10.0. The van der Waals surface area contributed by atoms with Gasteiger partial charge in [-0.05, 0) is 64.5 Å². The molecule has 0 saturated carbocycles. The van der Waals surface area contributed by atoms with Gasteiger partial charge < -0.3 is 0 Å². The fourth-order valence-corrected chi connectivity index (χ4v) is 3.71. The van der Waals surface area contributed by atoms with Gasteiger partial charge in [-0.3, -0.25) is 4.79 Å². The number of rotatable bonds is 3. The molecule has 3 aromatic rings. The van der Waals surface area contributed by atoms with E-state index in [0.717, 1.165) is 28.3 Å². The summed E-state index contributed by atoms with van der Waals surface area (Å²) in [5.74, 6) is -0.119. The van der Waals surface area contributed by atoms with Crippen LogP contribution in [0.5, 0.6) is 0 Å². The molecule has 1 amide bonds. The first-order valence-corrected chi connectivity index (χ1v) is 9.67. The molecular formula is C24H24N4O. The highest BCUT2D eigenvalue weighted by Gasteiger charge is 2.29. The number of benzene rings is 2. The van der Waals surface area contributed by atoms with E-state index in [9.17, 15) is 4.79 Å². The number of amides is 1. The van der Waals surface area contributed by atoms with Gasteiger partial charge in [0.1, 0.15) is 0 Å². The summed E-state index contributed by atoms with van der Waals surface area (Å²) in [5, 5.41) is 10.7. The highest BCUT2D eigenvalue weighted by Crippen LogP contribution is 2.28. The third kappa shape index (κ3) is 3.29. The Hall–Kier alpha value is -3.47. The van der Waals surface area contributed by atoms with Gasteiger partial charge in [0.25, 0.3) is 5.91 Å². The second kappa shape index (κ2) is 7.17. The summed E-state index contributed by atoms with van der Waals surface area (Å²) < 4.78 is 1.96. The number of nitrogens with zero attached hydrogens (tertiary/aromatic N) is 4. The molecule has 0 saturated heterocycles. The van der Waals surface area contributed by atoms with Crippen molar-refractivity contribution in [3.05, 3.63) is 82.2 Å². The maximum absolute atomic E-state index is 13.0. The van der Waals surface area contributed by atoms with Crippen molar-refractivity contribution < 1.29 is 4.79 Å². The van der Waals surface area contributed by atoms with Crippen molar-refractivity contribution in [3.63, 3.8) is 0 Å². The molecule has 1 aliphatic heterocycles. The number of carbonyl (C=O) groups is 1. The molecule has 4 rings (SSSR count). The minimum Gasteiger partial charge on any atom is -0.267 e. The van der Waals surface area contributed by atoms with Crippen LogP contribution in [0.25, 0.3) is 11.8 Å². The molecule has 0 spiro atoms. The van der Waals surface area contributed by atoms with Crippen LogP contribution < -0.4 is 5.01 Å². The first kappa shape index (κ1) is 18.9. The molecule has 0 radical (unpaired) electrons. The molecule has 0 unspecified atom stereocenters. The molecular weight excluding hydrogens is 360 g/mol. The molecule has 0 bridgehead atoms. The van der Waals surface area contributed by atoms with Gasteiger partial charge in [0.2, 0.25) is 0 Å². The Morgan fingerprint density at radius 1 is 0.931 bits per heavy atom. The van der Waals surface area contributed by atoms with Crippen molar-refractivity contribution >= 4 is 23.4 Å². The number of aryl methyl sites for hydroxylation is 3. The van der Waals surface area contributed by atoms with Crippen LogP contribution in [-0.2, 0) is 4.79 Å². The van der Waals surface area contributed by atoms with E-state index in [1.807, 2.05) is 61.9 Å². The van der Waals surface area contributed by atoms with Crippen molar-refractivity contribution in [2.45, 2.75) is 34.6 Å². The molecule has 146 valence electrons. The van der Waals surface area contributed by atoms with Crippen molar-refractivity contribution in [1.29, 1.82) is 0 Å². The molecule has 0 N–H and O–H groups in total. The predicted octanol–water partition coefficient (Wildman–Crippen LogP) is 4.91. The minimum atomic E-state index is -0.119. The Labute approximate surface area is 171 Å². The average Bonchev–Trinajstić information content (AvgIpc) is 3.13. The fraction of sp³-hybridized carbons (Fsp3) is 0.208. The predicted molar refractivity (Wildman–Crippen MR) is 118 cm³/mol. The molecule has 29 heavy (non-hydrogen) atoms. The van der Waals surface area contributed by atoms with Crippen molar-refractivity contribution in [3.8, 4) is 5.69 Å². The number of hydrazone groups is 1. The van der Waals surface area contributed by atoms with Crippen LogP contribution in [-0.4, -0.2) is 21.4 Å². The van der Waals surface area contributed by atoms with E-state index in [-0.39, 0.29) is 5.91 Å². The van der Waals surface area contributed by atoms with E-state index in [1.165, 1.54) is 16.1 Å². The van der Waals surface area contributed by atoms with Crippen LogP contribution in [0.4, 0.5) is 5.69 Å². The van der Waals surface area contributed by atoms with Gasteiger partial charge in [-0.2, -0.15) is 15.2 Å². The standard InChI is InChI=1S/C24H24N4O/c1-15-11-12-23(16(2)13-15)27-19(5)21(17(3)25-27)14-22-18(4)26-28(24(22)29)20-9-7-6-8-10-20/h6-14H,1-5H3/b22-14-. The lowest BCUT2D eigenvalue weighted by atomic mass is 10.1. The Bertz CT molecular complexity index is 1170. The zero-order valence-electron chi connectivity index (χ0n) is 17.4. The largest absolute Gasteiger partial charge is 0.280 e. The van der Waals surface area contributed by atoms with Crippen LogP contribution >= 0.6 is 0 Å². The zero-order valence-corrected chi connectivity index (χ0v) is 17.4. The fourth-order valence-electron chi connectivity index (χ4n) is 3.71. The topological polar surface area (TPSA) is 50.5 Å². The van der Waals surface area contributed by atoms with Gasteiger partial charge >= 0.3 is 0 Å². The lowest BCUT2D eigenvalue weighted by Gasteiger charge is -2.11. The van der Waals surface area contributed by atoms with Crippen LogP contribution in [0, 0.1) is 27.7 Å². The van der Waals surface area contributed by atoms with Crippen molar-refractivity contribution in [1.82, 2.24) is 9.78 Å². The van der Waals surface area contributed by atoms with Gasteiger partial charge in [0.05, 0.1) is 28.4 Å². The van der Waals surface area contributed by atoms with Crippen LogP contribution in [0.15, 0.2) is 59.2 Å². The minimum absolute atomic E-state index is 0.119. The normalized spacial score (nSPS) is 15.3. The average molecular weight is 384 g/mol. The maximum atomic E-state index is 13.0. The van der Waals surface area contributed by atoms with Crippen LogP contribution in [0.1, 0.15) is 35.0 Å². The van der Waals surface area contributed by atoms with Gasteiger partial charge in [-0.15, -0.1) is 0 Å². The van der Waals surface area contributed by atoms with Crippen LogP contribution in [0.2, 0.25) is 0 Å². The lowest BCUT2D eigenvalue weighted by Crippen LogP contribution is -2.21. The smallest absolute Gasteiger partial charge is 0.267 e. The van der Waals surface area contributed by atoms with E-state index >= 15 is 0 Å². The Morgan fingerprint density at radius 2 is 1.66 bits per heavy atom. The summed E-state index contributed by atoms with van der Waals surface area (Å²) in [5.41, 5.74) is 8.35. The van der Waals surface area contributed by atoms with Gasteiger partial charge in [0, 0.05) is 11.3 Å². The van der Waals surface area contributed by atoms with E-state index in [0.29, 0.717) is 11.3 Å². The van der Waals surface area contributed by atoms with Gasteiger partial charge in [-0.25, -0.2) is 4.68 Å². The molecule has 1 aromatic heterocycles. The first-order chi connectivity index (χ1) is 13.9. The second-order valence-electron chi connectivity index (χ2n) is 7.48. The lowest BCUT2D eigenvalue weighted by molar-refractivity contribution is -0.114. The number of carbonyl (C=O) groups excluding carboxylic acids is 1. The summed E-state index contributed by atoms with van der Waals surface area (Å²) in [6.07, 6.45) is 1.92. The van der Waals surface area contributed by atoms with E-state index in [4.69, 9.17) is 5.10 Å². The highest BCUT2D eigenvalue weighted by molar-refractivity contribution is 6.32. The third-order valence-corrected chi connectivity index (χ3v) is 5.28. The SMILES string of the molecule is CC1=NN(c2ccccc2)C(=O)/C1=C\c1c(C)nn(-c2ccc(C)cc2C)c1C. The van der Waals surface area contributed by atoms with Crippen LogP contribution in [0.3, 0.4) is 0 Å². The third-order valence-electron chi connectivity index (χ3n) is 5.28. The molecule has 5 heteroatoms. The molecule has 2 aromatic carbocycles. The maximum Gasteiger partial charge on any atom is 0.280 e. The zero-order chi connectivity index (χ0) is 20.7. The van der Waals surface area contributed by atoms with E-state index < -0.39 is 0 Å². The summed E-state index contributed by atoms with van der Waals surface area (Å²) in [4.78, 5) is 13.0. The number of hydrogen-bond donors (Lipinski definition) is 0. The summed E-state index contributed by atoms with van der Waals surface area (Å²) in [7, 11) is 0. The Kier molecular flexibility index (Phi) is 4.66. The van der Waals surface area contributed by atoms with Gasteiger partial charge in [-0.1, -0.05) is 35.9 Å². The first-order valence-electron chi connectivity index (χ1n) is 9.67. The number of anilines is 1. The van der Waals surface area contributed by atoms with Gasteiger partial charge in [0.15, 0.2) is 0 Å². The monoisotopic (exact) mass is 384 g/mol. The molecule has 1 aliphatic rings. The quantitative estimate of drug-likeness (QED) is 0.602. The number of hydrogen-bond acceptors (Lipinski definition) is 3. The van der Waals surface area contributed by atoms with E-state index in [1.54, 1.807) is 0 Å². The molecule has 0 aliphatic carbocycles. The van der Waals surface area contributed by atoms with Crippen molar-refractivity contribution in [2.24, 2.45) is 5.10 Å². The molecule has 0 fully saturated rings. The van der Waals surface area contributed by atoms with E-state index in [2.05, 4.69) is 37.1 Å². The Morgan fingerprint density at radius 3 is 2.34 bits per heavy atom. The molecule has 0 atom stereocenters. The summed E-state index contributed by atoms with van der Waals surface area (Å²) in [6, 6.07) is 15.8. The second-order valence-corrected chi connectivity index (χ2v) is 7.48. The Balaban J connectivity index is 1.75. The highest BCUT2D eigenvalue weighted by atomic mass is 16.2.